The lowest BCUT2D eigenvalue weighted by atomic mass is 9.78. The van der Waals surface area contributed by atoms with Crippen LogP contribution in [0.5, 0.6) is 11.5 Å². The third-order valence-corrected chi connectivity index (χ3v) is 5.16. The molecule has 0 radical (unpaired) electrons. The first kappa shape index (κ1) is 15.7. The van der Waals surface area contributed by atoms with Crippen molar-refractivity contribution in [1.82, 2.24) is 0 Å². The molecule has 1 heterocycles. The second-order valence-corrected chi connectivity index (χ2v) is 6.56. The molecule has 2 N–H and O–H groups in total. The van der Waals surface area contributed by atoms with Gasteiger partial charge in [-0.15, -0.1) is 0 Å². The molecule has 0 amide bonds. The van der Waals surface area contributed by atoms with Crippen LogP contribution in [0.1, 0.15) is 63.1 Å². The van der Waals surface area contributed by atoms with E-state index in [0.717, 1.165) is 23.8 Å². The van der Waals surface area contributed by atoms with Crippen molar-refractivity contribution in [2.75, 3.05) is 19.8 Å². The van der Waals surface area contributed by atoms with Gasteiger partial charge in [0.2, 0.25) is 0 Å². The van der Waals surface area contributed by atoms with Crippen molar-refractivity contribution in [3.8, 4) is 11.5 Å². The topological polar surface area (TPSA) is 35.1 Å². The van der Waals surface area contributed by atoms with Gasteiger partial charge in [-0.25, -0.2) is 0 Å². The number of benzene rings is 1. The summed E-state index contributed by atoms with van der Waals surface area (Å²) < 4.78 is 11.7. The predicted octanol–water partition coefficient (Wildman–Crippen LogP) is 3.22. The molecule has 1 aliphatic carbocycles. The fourth-order valence-corrected chi connectivity index (χ4v) is 4.17. The Labute approximate surface area is 134 Å². The van der Waals surface area contributed by atoms with Gasteiger partial charge >= 0.3 is 0 Å². The third-order valence-electron chi connectivity index (χ3n) is 5.16. The normalized spacial score (nSPS) is 22.2. The van der Waals surface area contributed by atoms with E-state index in [4.69, 9.17) is 9.47 Å². The minimum atomic E-state index is 0.624. The average molecular weight is 304 g/mol. The van der Waals surface area contributed by atoms with E-state index >= 15 is 0 Å². The number of ether oxygens (including phenoxy) is 2. The zero-order chi connectivity index (χ0) is 15.4. The summed E-state index contributed by atoms with van der Waals surface area (Å²) in [6.07, 6.45) is 8.14. The lowest BCUT2D eigenvalue weighted by molar-refractivity contribution is -0.706. The summed E-state index contributed by atoms with van der Waals surface area (Å²) in [7, 11) is 0. The van der Waals surface area contributed by atoms with E-state index in [-0.39, 0.29) is 0 Å². The van der Waals surface area contributed by atoms with E-state index < -0.39 is 0 Å². The van der Waals surface area contributed by atoms with Crippen LogP contribution in [-0.4, -0.2) is 19.8 Å². The molecule has 3 heteroatoms. The van der Waals surface area contributed by atoms with Crippen LogP contribution < -0.4 is 14.8 Å². The van der Waals surface area contributed by atoms with Gasteiger partial charge in [-0.2, -0.15) is 0 Å². The second-order valence-electron chi connectivity index (χ2n) is 6.56. The molecule has 0 spiro atoms. The van der Waals surface area contributed by atoms with Gasteiger partial charge < -0.3 is 14.8 Å². The Hall–Kier alpha value is -1.22. The molecule has 0 saturated heterocycles. The zero-order valence-corrected chi connectivity index (χ0v) is 14.1. The molecule has 122 valence electrons. The number of hydrogen-bond acceptors (Lipinski definition) is 2. The smallest absolute Gasteiger partial charge is 0.161 e. The Balaban J connectivity index is 1.92. The van der Waals surface area contributed by atoms with Crippen LogP contribution in [0.4, 0.5) is 0 Å². The van der Waals surface area contributed by atoms with Crippen molar-refractivity contribution in [2.24, 2.45) is 5.92 Å². The van der Waals surface area contributed by atoms with Gasteiger partial charge in [0.05, 0.1) is 19.8 Å². The lowest BCUT2D eigenvalue weighted by Crippen LogP contribution is -2.88. The first-order valence-corrected chi connectivity index (χ1v) is 9.09. The standard InChI is InChI=1S/C19H29NO2/c1-3-21-17-12-15-10-11-20-19(14-8-6-5-7-9-14)16(15)13-18(17)22-4-2/h12-14,19-20H,3-11H2,1-2H3/p+1. The third kappa shape index (κ3) is 3.24. The van der Waals surface area contributed by atoms with Crippen molar-refractivity contribution >= 4 is 0 Å². The van der Waals surface area contributed by atoms with Crippen LogP contribution in [0, 0.1) is 5.92 Å². The number of quaternary nitrogens is 1. The SMILES string of the molecule is CCOc1cc2c(cc1OCC)C(C1CCCCC1)[NH2+]CC2. The van der Waals surface area contributed by atoms with E-state index in [1.54, 1.807) is 0 Å². The van der Waals surface area contributed by atoms with Crippen LogP contribution in [0.15, 0.2) is 12.1 Å². The molecule has 3 rings (SSSR count). The van der Waals surface area contributed by atoms with E-state index in [1.165, 1.54) is 49.8 Å². The first-order chi connectivity index (χ1) is 10.8. The van der Waals surface area contributed by atoms with Gasteiger partial charge in [0.1, 0.15) is 6.04 Å². The molecular formula is C19H30NO2+. The van der Waals surface area contributed by atoms with Crippen molar-refractivity contribution in [3.63, 3.8) is 0 Å². The number of nitrogens with two attached hydrogens (primary N) is 1. The number of fused-ring (bicyclic) bond motifs is 1. The van der Waals surface area contributed by atoms with E-state index in [0.29, 0.717) is 19.3 Å². The van der Waals surface area contributed by atoms with Crippen LogP contribution in [0.2, 0.25) is 0 Å². The summed E-state index contributed by atoms with van der Waals surface area (Å²) in [6.45, 7) is 6.66. The molecule has 2 aliphatic rings. The monoisotopic (exact) mass is 304 g/mol. The van der Waals surface area contributed by atoms with E-state index in [2.05, 4.69) is 17.4 Å². The molecule has 22 heavy (non-hydrogen) atoms. The number of hydrogen-bond donors (Lipinski definition) is 1. The van der Waals surface area contributed by atoms with Gasteiger partial charge in [-0.3, -0.25) is 0 Å². The Morgan fingerprint density at radius 3 is 2.36 bits per heavy atom. The Bertz CT molecular complexity index is 494. The van der Waals surface area contributed by atoms with Gasteiger partial charge in [0.15, 0.2) is 11.5 Å². The van der Waals surface area contributed by atoms with E-state index in [9.17, 15) is 0 Å². The highest BCUT2D eigenvalue weighted by Crippen LogP contribution is 2.39. The summed E-state index contributed by atoms with van der Waals surface area (Å²) in [5, 5.41) is 2.56. The molecule has 0 aromatic heterocycles. The maximum absolute atomic E-state index is 5.85. The summed E-state index contributed by atoms with van der Waals surface area (Å²) in [4.78, 5) is 0. The van der Waals surface area contributed by atoms with Crippen molar-refractivity contribution in [2.45, 2.75) is 58.4 Å². The number of rotatable bonds is 5. The highest BCUT2D eigenvalue weighted by molar-refractivity contribution is 5.49. The minimum Gasteiger partial charge on any atom is -0.490 e. The largest absolute Gasteiger partial charge is 0.490 e. The maximum atomic E-state index is 5.85. The molecule has 1 aromatic carbocycles. The maximum Gasteiger partial charge on any atom is 0.161 e. The van der Waals surface area contributed by atoms with Gasteiger partial charge in [0, 0.05) is 17.9 Å². The predicted molar refractivity (Wildman–Crippen MR) is 88.6 cm³/mol. The summed E-state index contributed by atoms with van der Waals surface area (Å²) >= 11 is 0. The Kier molecular flexibility index (Phi) is 5.24. The Morgan fingerprint density at radius 1 is 1.00 bits per heavy atom. The van der Waals surface area contributed by atoms with E-state index in [1.807, 2.05) is 13.8 Å². The first-order valence-electron chi connectivity index (χ1n) is 9.09. The molecule has 1 unspecified atom stereocenters. The van der Waals surface area contributed by atoms with Crippen molar-refractivity contribution in [3.05, 3.63) is 23.3 Å². The zero-order valence-electron chi connectivity index (χ0n) is 14.1. The van der Waals surface area contributed by atoms with Gasteiger partial charge in [-0.1, -0.05) is 19.3 Å². The summed E-state index contributed by atoms with van der Waals surface area (Å²) in [5.74, 6) is 2.69. The highest BCUT2D eigenvalue weighted by Gasteiger charge is 2.33. The quantitative estimate of drug-likeness (QED) is 0.906. The molecule has 1 aliphatic heterocycles. The second kappa shape index (κ2) is 7.36. The fourth-order valence-electron chi connectivity index (χ4n) is 4.17. The van der Waals surface area contributed by atoms with Gasteiger partial charge in [0.25, 0.3) is 0 Å². The molecular weight excluding hydrogens is 274 g/mol. The molecule has 1 saturated carbocycles. The highest BCUT2D eigenvalue weighted by atomic mass is 16.5. The van der Waals surface area contributed by atoms with Gasteiger partial charge in [-0.05, 0) is 44.4 Å². The Morgan fingerprint density at radius 2 is 1.68 bits per heavy atom. The molecule has 0 bridgehead atoms. The van der Waals surface area contributed by atoms with Crippen molar-refractivity contribution < 1.29 is 14.8 Å². The fraction of sp³-hybridized carbons (Fsp3) is 0.684. The molecule has 1 aromatic rings. The van der Waals surface area contributed by atoms with Crippen LogP contribution in [0.3, 0.4) is 0 Å². The van der Waals surface area contributed by atoms with Crippen LogP contribution >= 0.6 is 0 Å². The summed E-state index contributed by atoms with van der Waals surface area (Å²) in [5.41, 5.74) is 2.98. The molecule has 1 fully saturated rings. The summed E-state index contributed by atoms with van der Waals surface area (Å²) in [6, 6.07) is 5.14. The average Bonchev–Trinajstić information content (AvgIpc) is 2.56. The lowest BCUT2D eigenvalue weighted by Gasteiger charge is -2.33. The van der Waals surface area contributed by atoms with Crippen molar-refractivity contribution in [1.29, 1.82) is 0 Å². The molecule has 3 nitrogen and oxygen atoms in total. The minimum absolute atomic E-state index is 0.624. The van der Waals surface area contributed by atoms with Crippen LogP contribution in [-0.2, 0) is 6.42 Å². The molecule has 1 atom stereocenters. The van der Waals surface area contributed by atoms with Crippen LogP contribution in [0.25, 0.3) is 0 Å².